The van der Waals surface area contributed by atoms with Gasteiger partial charge in [0.25, 0.3) is 5.91 Å². The molecular formula is C14H14N4O2. The van der Waals surface area contributed by atoms with Crippen molar-refractivity contribution < 1.29 is 9.53 Å². The third-order valence-electron chi connectivity index (χ3n) is 3.16. The fraction of sp³-hybridized carbons (Fsp3) is 0.214. The molecule has 1 fully saturated rings. The van der Waals surface area contributed by atoms with Crippen LogP contribution in [0.1, 0.15) is 10.4 Å². The zero-order chi connectivity index (χ0) is 13.9. The number of ether oxygens (including phenoxy) is 1. The summed E-state index contributed by atoms with van der Waals surface area (Å²) >= 11 is 0. The molecule has 0 atom stereocenters. The van der Waals surface area contributed by atoms with Crippen LogP contribution in [0.15, 0.2) is 42.7 Å². The lowest BCUT2D eigenvalue weighted by molar-refractivity contribution is 0.00782. The highest BCUT2D eigenvalue weighted by molar-refractivity contribution is 6.08. The number of nitrogens with two attached hydrogens (primary N) is 1. The standard InChI is InChI=1S/C14H14N4O2/c15-12-5-2-1-4-11(12)13(19)18(10-8-20-9-10)14-16-6-3-7-17-14/h1-7,10H,8-9,15H2. The molecule has 1 aromatic carbocycles. The van der Waals surface area contributed by atoms with Crippen molar-refractivity contribution in [3.8, 4) is 0 Å². The first-order valence-corrected chi connectivity index (χ1v) is 6.30. The summed E-state index contributed by atoms with van der Waals surface area (Å²) < 4.78 is 5.17. The smallest absolute Gasteiger partial charge is 0.263 e. The first kappa shape index (κ1) is 12.6. The number of benzene rings is 1. The summed E-state index contributed by atoms with van der Waals surface area (Å²) in [6.45, 7) is 0.966. The number of hydrogen-bond donors (Lipinski definition) is 1. The Bertz CT molecular complexity index is 614. The van der Waals surface area contributed by atoms with E-state index in [9.17, 15) is 4.79 Å². The Kier molecular flexibility index (Phi) is 3.30. The number of amides is 1. The van der Waals surface area contributed by atoms with Crippen molar-refractivity contribution in [3.63, 3.8) is 0 Å². The van der Waals surface area contributed by atoms with Crippen molar-refractivity contribution in [1.82, 2.24) is 9.97 Å². The van der Waals surface area contributed by atoms with Crippen LogP contribution in [0.5, 0.6) is 0 Å². The Morgan fingerprint density at radius 3 is 2.50 bits per heavy atom. The van der Waals surface area contributed by atoms with Crippen LogP contribution in [-0.2, 0) is 4.74 Å². The van der Waals surface area contributed by atoms with Crippen LogP contribution < -0.4 is 10.6 Å². The molecule has 20 heavy (non-hydrogen) atoms. The van der Waals surface area contributed by atoms with E-state index < -0.39 is 0 Å². The molecular weight excluding hydrogens is 256 g/mol. The van der Waals surface area contributed by atoms with Crippen molar-refractivity contribution in [1.29, 1.82) is 0 Å². The average Bonchev–Trinajstić information content (AvgIpc) is 2.43. The Labute approximate surface area is 116 Å². The normalized spacial score (nSPS) is 14.6. The first-order chi connectivity index (χ1) is 9.77. The molecule has 1 aliphatic rings. The Hall–Kier alpha value is -2.47. The predicted octanol–water partition coefficient (Wildman–Crippen LogP) is 1.10. The van der Waals surface area contributed by atoms with Crippen molar-refractivity contribution in [2.45, 2.75) is 6.04 Å². The maximum Gasteiger partial charge on any atom is 0.263 e. The molecule has 1 amide bonds. The molecule has 0 saturated carbocycles. The lowest BCUT2D eigenvalue weighted by Crippen LogP contribution is -2.52. The molecule has 2 aromatic rings. The summed E-state index contributed by atoms with van der Waals surface area (Å²) in [5, 5.41) is 0. The summed E-state index contributed by atoms with van der Waals surface area (Å²) in [7, 11) is 0. The molecule has 0 aliphatic carbocycles. The van der Waals surface area contributed by atoms with Gasteiger partial charge in [0.1, 0.15) is 0 Å². The minimum absolute atomic E-state index is 0.0514. The molecule has 2 heterocycles. The van der Waals surface area contributed by atoms with Gasteiger partial charge in [-0.15, -0.1) is 0 Å². The number of carbonyl (C=O) groups is 1. The van der Waals surface area contributed by atoms with Gasteiger partial charge in [0.2, 0.25) is 5.95 Å². The van der Waals surface area contributed by atoms with Gasteiger partial charge in [-0.05, 0) is 18.2 Å². The van der Waals surface area contributed by atoms with Gasteiger partial charge in [-0.25, -0.2) is 9.97 Å². The third-order valence-corrected chi connectivity index (χ3v) is 3.16. The summed E-state index contributed by atoms with van der Waals surface area (Å²) in [6, 6.07) is 8.64. The molecule has 1 aliphatic heterocycles. The van der Waals surface area contributed by atoms with Crippen molar-refractivity contribution in [2.24, 2.45) is 0 Å². The SMILES string of the molecule is Nc1ccccc1C(=O)N(c1ncccn1)C1COC1. The molecule has 6 nitrogen and oxygen atoms in total. The average molecular weight is 270 g/mol. The van der Waals surface area contributed by atoms with E-state index in [0.717, 1.165) is 0 Å². The van der Waals surface area contributed by atoms with Gasteiger partial charge in [-0.2, -0.15) is 0 Å². The topological polar surface area (TPSA) is 81.3 Å². The number of para-hydroxylation sites is 1. The zero-order valence-corrected chi connectivity index (χ0v) is 10.8. The molecule has 1 aromatic heterocycles. The lowest BCUT2D eigenvalue weighted by Gasteiger charge is -2.35. The molecule has 2 N–H and O–H groups in total. The Balaban J connectivity index is 1.98. The molecule has 6 heteroatoms. The fourth-order valence-electron chi connectivity index (χ4n) is 2.03. The van der Waals surface area contributed by atoms with Gasteiger partial charge in [0.15, 0.2) is 0 Å². The molecule has 0 unspecified atom stereocenters. The van der Waals surface area contributed by atoms with Crippen LogP contribution in [0.4, 0.5) is 11.6 Å². The molecule has 1 saturated heterocycles. The van der Waals surface area contributed by atoms with E-state index in [2.05, 4.69) is 9.97 Å². The monoisotopic (exact) mass is 270 g/mol. The predicted molar refractivity (Wildman–Crippen MR) is 74.3 cm³/mol. The highest BCUT2D eigenvalue weighted by atomic mass is 16.5. The number of carbonyl (C=O) groups excluding carboxylic acids is 1. The van der Waals surface area contributed by atoms with Crippen molar-refractivity contribution in [3.05, 3.63) is 48.3 Å². The molecule has 0 radical (unpaired) electrons. The van der Waals surface area contributed by atoms with Gasteiger partial charge in [-0.1, -0.05) is 12.1 Å². The molecule has 102 valence electrons. The van der Waals surface area contributed by atoms with Crippen LogP contribution >= 0.6 is 0 Å². The minimum atomic E-state index is -0.206. The van der Waals surface area contributed by atoms with Gasteiger partial charge in [-0.3, -0.25) is 9.69 Å². The van der Waals surface area contributed by atoms with E-state index in [1.165, 1.54) is 0 Å². The van der Waals surface area contributed by atoms with Gasteiger partial charge in [0, 0.05) is 18.1 Å². The largest absolute Gasteiger partial charge is 0.398 e. The van der Waals surface area contributed by atoms with Crippen LogP contribution in [0.25, 0.3) is 0 Å². The molecule has 3 rings (SSSR count). The number of anilines is 2. The van der Waals surface area contributed by atoms with Gasteiger partial charge in [0.05, 0.1) is 24.8 Å². The van der Waals surface area contributed by atoms with Crippen LogP contribution in [0.2, 0.25) is 0 Å². The molecule has 0 spiro atoms. The first-order valence-electron chi connectivity index (χ1n) is 6.30. The van der Waals surface area contributed by atoms with E-state index in [-0.39, 0.29) is 11.9 Å². The van der Waals surface area contributed by atoms with Crippen molar-refractivity contribution in [2.75, 3.05) is 23.8 Å². The highest BCUT2D eigenvalue weighted by Gasteiger charge is 2.34. The van der Waals surface area contributed by atoms with Crippen LogP contribution in [0, 0.1) is 0 Å². The van der Waals surface area contributed by atoms with Crippen LogP contribution in [-0.4, -0.2) is 35.1 Å². The van der Waals surface area contributed by atoms with Crippen LogP contribution in [0.3, 0.4) is 0 Å². The minimum Gasteiger partial charge on any atom is -0.398 e. The Morgan fingerprint density at radius 2 is 1.90 bits per heavy atom. The summed E-state index contributed by atoms with van der Waals surface area (Å²) in [5.41, 5.74) is 6.77. The van der Waals surface area contributed by atoms with Crippen molar-refractivity contribution >= 4 is 17.5 Å². The van der Waals surface area contributed by atoms with E-state index in [1.54, 1.807) is 47.6 Å². The number of rotatable bonds is 3. The van der Waals surface area contributed by atoms with E-state index in [4.69, 9.17) is 10.5 Å². The Morgan fingerprint density at radius 1 is 1.20 bits per heavy atom. The number of aromatic nitrogens is 2. The fourth-order valence-corrected chi connectivity index (χ4v) is 2.03. The van der Waals surface area contributed by atoms with E-state index in [1.807, 2.05) is 0 Å². The second-order valence-electron chi connectivity index (χ2n) is 4.50. The van der Waals surface area contributed by atoms with Gasteiger partial charge >= 0.3 is 0 Å². The maximum atomic E-state index is 12.7. The summed E-state index contributed by atoms with van der Waals surface area (Å²) in [6.07, 6.45) is 3.22. The second kappa shape index (κ2) is 5.26. The lowest BCUT2D eigenvalue weighted by atomic mass is 10.1. The van der Waals surface area contributed by atoms with Gasteiger partial charge < -0.3 is 10.5 Å². The second-order valence-corrected chi connectivity index (χ2v) is 4.50. The number of hydrogen-bond acceptors (Lipinski definition) is 5. The zero-order valence-electron chi connectivity index (χ0n) is 10.8. The molecule has 0 bridgehead atoms. The number of nitrogens with zero attached hydrogens (tertiary/aromatic N) is 3. The highest BCUT2D eigenvalue weighted by Crippen LogP contribution is 2.22. The summed E-state index contributed by atoms with van der Waals surface area (Å²) in [5.74, 6) is 0.164. The van der Waals surface area contributed by atoms with E-state index in [0.29, 0.717) is 30.4 Å². The quantitative estimate of drug-likeness (QED) is 0.845. The number of nitrogen functional groups attached to an aromatic ring is 1. The summed E-state index contributed by atoms with van der Waals surface area (Å²) in [4.78, 5) is 22.6. The third kappa shape index (κ3) is 2.21. The van der Waals surface area contributed by atoms with E-state index >= 15 is 0 Å². The maximum absolute atomic E-state index is 12.7.